The van der Waals surface area contributed by atoms with Crippen LogP contribution < -0.4 is 0 Å². The van der Waals surface area contributed by atoms with Gasteiger partial charge in [0.2, 0.25) is 0 Å². The summed E-state index contributed by atoms with van der Waals surface area (Å²) in [5.41, 5.74) is 0.969. The molecule has 1 aliphatic heterocycles. The maximum atomic E-state index is 12.7. The largest absolute Gasteiger partial charge is 0.466 e. The van der Waals surface area contributed by atoms with Crippen molar-refractivity contribution < 1.29 is 43.2 Å². The van der Waals surface area contributed by atoms with Gasteiger partial charge in [-0.1, -0.05) is 18.2 Å². The highest BCUT2D eigenvalue weighted by atomic mass is 16.6. The first-order valence-electron chi connectivity index (χ1n) is 10.1. The summed E-state index contributed by atoms with van der Waals surface area (Å²) >= 11 is 0. The topological polar surface area (TPSA) is 125 Å². The molecule has 1 N–H and O–H groups in total. The van der Waals surface area contributed by atoms with Gasteiger partial charge in [-0.2, -0.15) is 0 Å². The van der Waals surface area contributed by atoms with Gasteiger partial charge < -0.3 is 24.1 Å². The molecule has 2 aliphatic rings. The van der Waals surface area contributed by atoms with Gasteiger partial charge in [-0.3, -0.25) is 4.79 Å². The van der Waals surface area contributed by atoms with Crippen molar-refractivity contribution >= 4 is 23.9 Å². The number of hydrogen-bond donors (Lipinski definition) is 1. The summed E-state index contributed by atoms with van der Waals surface area (Å²) in [6.07, 6.45) is 1.94. The second kappa shape index (κ2) is 10.9. The van der Waals surface area contributed by atoms with Gasteiger partial charge in [-0.05, 0) is 38.8 Å². The molecular weight excluding hydrogens is 420 g/mol. The number of ether oxygens (including phenoxy) is 4. The quantitative estimate of drug-likeness (QED) is 0.289. The Morgan fingerprint density at radius 1 is 1.28 bits per heavy atom. The van der Waals surface area contributed by atoms with Gasteiger partial charge in [-0.15, -0.1) is 0 Å². The number of aliphatic hydroxyl groups is 1. The highest BCUT2D eigenvalue weighted by molar-refractivity contribution is 5.93. The predicted octanol–water partition coefficient (Wildman–Crippen LogP) is 1.71. The van der Waals surface area contributed by atoms with Crippen LogP contribution in [0.4, 0.5) is 0 Å². The highest BCUT2D eigenvalue weighted by Crippen LogP contribution is 2.38. The molecule has 0 unspecified atom stereocenters. The first kappa shape index (κ1) is 25.1. The summed E-state index contributed by atoms with van der Waals surface area (Å²) in [6.45, 7) is 7.82. The van der Waals surface area contributed by atoms with Crippen molar-refractivity contribution in [2.75, 3.05) is 13.7 Å². The molecule has 174 valence electrons. The van der Waals surface area contributed by atoms with E-state index in [0.29, 0.717) is 12.8 Å². The molecule has 1 aliphatic carbocycles. The predicted molar refractivity (Wildman–Crippen MR) is 112 cm³/mol. The minimum Gasteiger partial charge on any atom is -0.466 e. The van der Waals surface area contributed by atoms with E-state index in [1.807, 2.05) is 6.92 Å². The summed E-state index contributed by atoms with van der Waals surface area (Å²) < 4.78 is 21.4. The van der Waals surface area contributed by atoms with Crippen molar-refractivity contribution in [3.05, 3.63) is 47.1 Å². The lowest BCUT2D eigenvalue weighted by Crippen LogP contribution is -2.46. The Morgan fingerprint density at radius 2 is 1.97 bits per heavy atom. The fourth-order valence-electron chi connectivity index (χ4n) is 3.63. The molecular formula is C23H28O9. The smallest absolute Gasteiger partial charge is 0.337 e. The van der Waals surface area contributed by atoms with Crippen LogP contribution in [0.25, 0.3) is 0 Å². The zero-order valence-electron chi connectivity index (χ0n) is 18.6. The number of carbonyl (C=O) groups excluding carboxylic acids is 4. The second-order valence-electron chi connectivity index (χ2n) is 7.59. The van der Waals surface area contributed by atoms with Gasteiger partial charge in [0.25, 0.3) is 0 Å². The van der Waals surface area contributed by atoms with Crippen molar-refractivity contribution in [2.24, 2.45) is 5.92 Å². The number of aliphatic hydroxyl groups excluding tert-OH is 1. The third-order valence-electron chi connectivity index (χ3n) is 5.25. The number of allylic oxidation sites excluding steroid dienone is 2. The molecule has 32 heavy (non-hydrogen) atoms. The Labute approximate surface area is 186 Å². The summed E-state index contributed by atoms with van der Waals surface area (Å²) in [7, 11) is 1.18. The number of carbonyl (C=O) groups is 4. The van der Waals surface area contributed by atoms with Crippen LogP contribution in [-0.4, -0.2) is 61.0 Å². The number of fused-ring (bicyclic) bond motifs is 1. The molecule has 0 aromatic rings. The van der Waals surface area contributed by atoms with Crippen LogP contribution in [0, 0.1) is 5.92 Å². The van der Waals surface area contributed by atoms with Crippen molar-refractivity contribution in [3.8, 4) is 0 Å². The second-order valence-corrected chi connectivity index (χ2v) is 7.59. The Hall–Kier alpha value is -3.20. The molecule has 2 rings (SSSR count). The summed E-state index contributed by atoms with van der Waals surface area (Å²) in [5.74, 6) is -3.94. The lowest BCUT2D eigenvalue weighted by molar-refractivity contribution is -0.167. The molecule has 0 radical (unpaired) electrons. The van der Waals surface area contributed by atoms with Gasteiger partial charge in [0, 0.05) is 18.1 Å². The maximum absolute atomic E-state index is 12.7. The molecule has 9 nitrogen and oxygen atoms in total. The number of rotatable bonds is 5. The van der Waals surface area contributed by atoms with E-state index < -0.39 is 54.7 Å². The van der Waals surface area contributed by atoms with E-state index in [4.69, 9.17) is 24.1 Å². The molecule has 1 saturated heterocycles. The van der Waals surface area contributed by atoms with Crippen molar-refractivity contribution in [1.29, 1.82) is 0 Å². The Kier molecular flexibility index (Phi) is 8.54. The third kappa shape index (κ3) is 5.73. The van der Waals surface area contributed by atoms with E-state index in [0.717, 1.165) is 12.5 Å². The Morgan fingerprint density at radius 3 is 2.56 bits per heavy atom. The van der Waals surface area contributed by atoms with Crippen molar-refractivity contribution in [3.63, 3.8) is 0 Å². The maximum Gasteiger partial charge on any atom is 0.337 e. The molecule has 1 heterocycles. The molecule has 1 fully saturated rings. The van der Waals surface area contributed by atoms with Gasteiger partial charge in [0.15, 0.2) is 12.2 Å². The minimum atomic E-state index is -1.38. The van der Waals surface area contributed by atoms with Gasteiger partial charge in [0.1, 0.15) is 6.10 Å². The van der Waals surface area contributed by atoms with Crippen LogP contribution in [0.2, 0.25) is 0 Å². The Balaban J connectivity index is 2.69. The molecule has 0 amide bonds. The normalized spacial score (nSPS) is 29.5. The van der Waals surface area contributed by atoms with Gasteiger partial charge in [-0.25, -0.2) is 14.4 Å². The fourth-order valence-corrected chi connectivity index (χ4v) is 3.63. The van der Waals surface area contributed by atoms with Crippen LogP contribution in [0.15, 0.2) is 47.1 Å². The SMILES string of the molecule is C=C1C(=O)O[C@H]2/C=C(\C)CC/C=C(/C(=O)OC)[C@@H](OC(C)=O)[C@H](OC(=O)/C(C)=C/CO)[C@H]12. The van der Waals surface area contributed by atoms with Crippen molar-refractivity contribution in [2.45, 2.75) is 51.9 Å². The summed E-state index contributed by atoms with van der Waals surface area (Å²) in [5, 5.41) is 9.11. The highest BCUT2D eigenvalue weighted by Gasteiger charge is 2.50. The molecule has 0 saturated carbocycles. The van der Waals surface area contributed by atoms with Gasteiger partial charge in [0.05, 0.1) is 25.2 Å². The average Bonchev–Trinajstić information content (AvgIpc) is 3.00. The standard InChI is InChI=1S/C23H28O9/c1-12-7-6-8-16(23(28)29-5)19(30-15(4)25)20(32-21(26)13(2)9-10-24)18-14(3)22(27)31-17(18)11-12/h8-9,11,17-20,24H,3,6-7,10H2,1-2,4-5H3/b12-11+,13-9+,16-8+/t17-,18+,19+,20+/m0/s1. The Bertz CT molecular complexity index is 893. The van der Waals surface area contributed by atoms with E-state index in [2.05, 4.69) is 6.58 Å². The lowest BCUT2D eigenvalue weighted by Gasteiger charge is -2.33. The minimum absolute atomic E-state index is 0.0163. The molecule has 0 bridgehead atoms. The fraction of sp³-hybridized carbons (Fsp3) is 0.478. The summed E-state index contributed by atoms with van der Waals surface area (Å²) in [4.78, 5) is 49.7. The van der Waals surface area contributed by atoms with Crippen LogP contribution in [0.1, 0.15) is 33.6 Å². The molecule has 0 aromatic carbocycles. The monoisotopic (exact) mass is 448 g/mol. The zero-order valence-corrected chi connectivity index (χ0v) is 18.6. The van der Waals surface area contributed by atoms with E-state index >= 15 is 0 Å². The van der Waals surface area contributed by atoms with Crippen molar-refractivity contribution in [1.82, 2.24) is 0 Å². The lowest BCUT2D eigenvalue weighted by atomic mass is 9.83. The number of hydrogen-bond acceptors (Lipinski definition) is 9. The average molecular weight is 448 g/mol. The molecule has 9 heteroatoms. The van der Waals surface area contributed by atoms with Crippen LogP contribution in [-0.2, 0) is 38.1 Å². The first-order valence-corrected chi connectivity index (χ1v) is 10.1. The van der Waals surface area contributed by atoms with E-state index in [9.17, 15) is 19.2 Å². The van der Waals surface area contributed by atoms with Crippen LogP contribution in [0.5, 0.6) is 0 Å². The number of methoxy groups -OCH3 is 1. The van der Waals surface area contributed by atoms with Crippen LogP contribution in [0.3, 0.4) is 0 Å². The van der Waals surface area contributed by atoms with E-state index in [1.54, 1.807) is 12.2 Å². The van der Waals surface area contributed by atoms with E-state index in [-0.39, 0.29) is 16.7 Å². The van der Waals surface area contributed by atoms with E-state index in [1.165, 1.54) is 20.1 Å². The first-order chi connectivity index (χ1) is 15.1. The van der Waals surface area contributed by atoms with Crippen LogP contribution >= 0.6 is 0 Å². The number of esters is 4. The van der Waals surface area contributed by atoms with Gasteiger partial charge >= 0.3 is 23.9 Å². The molecule has 0 aromatic heterocycles. The third-order valence-corrected chi connectivity index (χ3v) is 5.25. The molecule has 4 atom stereocenters. The summed E-state index contributed by atoms with van der Waals surface area (Å²) in [6, 6.07) is 0. The zero-order chi connectivity index (χ0) is 24.0. The molecule has 0 spiro atoms.